The summed E-state index contributed by atoms with van der Waals surface area (Å²) in [6, 6.07) is 0.159. The summed E-state index contributed by atoms with van der Waals surface area (Å²) in [6.07, 6.45) is 4.36. The fourth-order valence-corrected chi connectivity index (χ4v) is 2.49. The predicted molar refractivity (Wildman–Crippen MR) is 78.7 cm³/mol. The van der Waals surface area contributed by atoms with Gasteiger partial charge in [0.25, 0.3) is 0 Å². The molecule has 0 aliphatic heterocycles. The van der Waals surface area contributed by atoms with Crippen molar-refractivity contribution in [2.75, 3.05) is 19.6 Å². The summed E-state index contributed by atoms with van der Waals surface area (Å²) in [5.74, 6) is -0.144. The van der Waals surface area contributed by atoms with E-state index in [4.69, 9.17) is 5.11 Å². The lowest BCUT2D eigenvalue weighted by Crippen LogP contribution is -2.48. The summed E-state index contributed by atoms with van der Waals surface area (Å²) in [4.78, 5) is 26.9. The maximum absolute atomic E-state index is 12.6. The highest BCUT2D eigenvalue weighted by Gasteiger charge is 2.26. The van der Waals surface area contributed by atoms with Crippen molar-refractivity contribution in [1.29, 1.82) is 0 Å². The van der Waals surface area contributed by atoms with Crippen LogP contribution in [-0.2, 0) is 4.79 Å². The lowest BCUT2D eigenvalue weighted by Gasteiger charge is -2.36. The normalized spacial score (nSPS) is 15.0. The molecule has 1 rings (SSSR count). The number of amides is 2. The molecule has 116 valence electrons. The van der Waals surface area contributed by atoms with E-state index in [1.807, 2.05) is 25.7 Å². The van der Waals surface area contributed by atoms with Gasteiger partial charge in [0.1, 0.15) is 0 Å². The van der Waals surface area contributed by atoms with Gasteiger partial charge in [-0.25, -0.2) is 4.79 Å². The zero-order chi connectivity index (χ0) is 15.1. The van der Waals surface area contributed by atoms with Gasteiger partial charge in [-0.2, -0.15) is 0 Å². The van der Waals surface area contributed by atoms with Crippen LogP contribution in [0.3, 0.4) is 0 Å². The molecule has 1 aliphatic rings. The van der Waals surface area contributed by atoms with Crippen molar-refractivity contribution < 1.29 is 14.7 Å². The number of rotatable bonds is 8. The number of urea groups is 1. The molecule has 0 saturated heterocycles. The summed E-state index contributed by atoms with van der Waals surface area (Å²) in [7, 11) is 0. The van der Waals surface area contributed by atoms with Crippen LogP contribution in [-0.4, -0.2) is 52.6 Å². The van der Waals surface area contributed by atoms with E-state index in [-0.39, 0.29) is 18.5 Å². The van der Waals surface area contributed by atoms with Crippen LogP contribution in [0.2, 0.25) is 0 Å². The van der Waals surface area contributed by atoms with Gasteiger partial charge < -0.3 is 14.9 Å². The summed E-state index contributed by atoms with van der Waals surface area (Å²) >= 11 is 0. The summed E-state index contributed by atoms with van der Waals surface area (Å²) in [6.45, 7) is 8.05. The smallest absolute Gasteiger partial charge is 0.320 e. The Hall–Kier alpha value is -1.26. The third-order valence-electron chi connectivity index (χ3n) is 4.01. The number of hydrogen-bond donors (Lipinski definition) is 1. The van der Waals surface area contributed by atoms with E-state index in [1.54, 1.807) is 4.90 Å². The summed E-state index contributed by atoms with van der Waals surface area (Å²) in [5, 5.41) is 8.70. The number of carbonyl (C=O) groups excluding carboxylic acids is 1. The molecule has 2 amide bonds. The van der Waals surface area contributed by atoms with E-state index in [9.17, 15) is 9.59 Å². The molecular weight excluding hydrogens is 256 g/mol. The first-order chi connectivity index (χ1) is 9.45. The highest BCUT2D eigenvalue weighted by molar-refractivity contribution is 5.75. The maximum Gasteiger partial charge on any atom is 0.320 e. The monoisotopic (exact) mass is 284 g/mol. The molecule has 5 heteroatoms. The molecule has 0 heterocycles. The van der Waals surface area contributed by atoms with E-state index in [2.05, 4.69) is 0 Å². The third-order valence-corrected chi connectivity index (χ3v) is 4.01. The first kappa shape index (κ1) is 16.8. The number of hydrogen-bond acceptors (Lipinski definition) is 2. The molecule has 0 unspecified atom stereocenters. The van der Waals surface area contributed by atoms with Gasteiger partial charge in [0.2, 0.25) is 0 Å². The molecule has 0 bridgehead atoms. The second kappa shape index (κ2) is 8.12. The Bertz CT molecular complexity index is 327. The topological polar surface area (TPSA) is 60.9 Å². The van der Waals surface area contributed by atoms with Crippen LogP contribution in [0, 0.1) is 5.92 Å². The van der Waals surface area contributed by atoms with Gasteiger partial charge in [0.05, 0.1) is 0 Å². The first-order valence-electron chi connectivity index (χ1n) is 7.73. The Morgan fingerprint density at radius 2 is 1.95 bits per heavy atom. The Morgan fingerprint density at radius 1 is 1.30 bits per heavy atom. The van der Waals surface area contributed by atoms with Crippen LogP contribution in [0.15, 0.2) is 0 Å². The molecule has 20 heavy (non-hydrogen) atoms. The van der Waals surface area contributed by atoms with Crippen LogP contribution in [0.5, 0.6) is 0 Å². The Labute approximate surface area is 121 Å². The second-order valence-electron chi connectivity index (χ2n) is 5.90. The average Bonchev–Trinajstić information content (AvgIpc) is 2.32. The van der Waals surface area contributed by atoms with Crippen LogP contribution in [0.4, 0.5) is 4.79 Å². The molecular formula is C15H28N2O3. The minimum atomic E-state index is -0.803. The highest BCUT2D eigenvalue weighted by Crippen LogP contribution is 2.27. The molecule has 1 saturated carbocycles. The van der Waals surface area contributed by atoms with Gasteiger partial charge in [-0.15, -0.1) is 0 Å². The molecule has 1 aliphatic carbocycles. The second-order valence-corrected chi connectivity index (χ2v) is 5.90. The molecule has 0 radical (unpaired) electrons. The minimum absolute atomic E-state index is 0.0554. The third kappa shape index (κ3) is 5.02. The number of carbonyl (C=O) groups is 2. The molecule has 0 spiro atoms. The van der Waals surface area contributed by atoms with Crippen molar-refractivity contribution in [2.45, 2.75) is 58.9 Å². The molecule has 1 fully saturated rings. The van der Waals surface area contributed by atoms with Crippen molar-refractivity contribution in [2.24, 2.45) is 5.92 Å². The molecule has 0 aromatic rings. The molecule has 1 N–H and O–H groups in total. The number of nitrogens with zero attached hydrogens (tertiary/aromatic N) is 2. The van der Waals surface area contributed by atoms with Crippen LogP contribution < -0.4 is 0 Å². The predicted octanol–water partition coefficient (Wildman–Crippen LogP) is 2.80. The zero-order valence-corrected chi connectivity index (χ0v) is 13.0. The van der Waals surface area contributed by atoms with Gasteiger partial charge in [0.15, 0.2) is 0 Å². The summed E-state index contributed by atoms with van der Waals surface area (Å²) < 4.78 is 0. The Balaban J connectivity index is 2.53. The first-order valence-corrected chi connectivity index (χ1v) is 7.73. The molecule has 5 nitrogen and oxygen atoms in total. The Morgan fingerprint density at radius 3 is 2.35 bits per heavy atom. The Kier molecular flexibility index (Phi) is 6.82. The number of carboxylic acid groups (broad SMARTS) is 1. The SMILES string of the molecule is CCN(CC1CCC1)C(=O)N(CCCC(=O)O)C(C)C. The summed E-state index contributed by atoms with van der Waals surface area (Å²) in [5.41, 5.74) is 0. The van der Waals surface area contributed by atoms with Gasteiger partial charge in [-0.1, -0.05) is 6.42 Å². The maximum atomic E-state index is 12.6. The molecule has 0 aromatic carbocycles. The minimum Gasteiger partial charge on any atom is -0.481 e. The van der Waals surface area contributed by atoms with Gasteiger partial charge in [-0.3, -0.25) is 4.79 Å². The quantitative estimate of drug-likeness (QED) is 0.745. The van der Waals surface area contributed by atoms with Crippen LogP contribution in [0.25, 0.3) is 0 Å². The number of aliphatic carboxylic acids is 1. The largest absolute Gasteiger partial charge is 0.481 e. The van der Waals surface area contributed by atoms with E-state index in [1.165, 1.54) is 19.3 Å². The standard InChI is InChI=1S/C15H28N2O3/c1-4-16(11-13-7-5-8-13)15(20)17(12(2)3)10-6-9-14(18)19/h12-13H,4-11H2,1-3H3,(H,18,19). The lowest BCUT2D eigenvalue weighted by atomic mass is 9.85. The zero-order valence-electron chi connectivity index (χ0n) is 13.0. The van der Waals surface area contributed by atoms with Gasteiger partial charge in [-0.05, 0) is 46.0 Å². The van der Waals surface area contributed by atoms with Crippen LogP contribution >= 0.6 is 0 Å². The number of carboxylic acids is 1. The highest BCUT2D eigenvalue weighted by atomic mass is 16.4. The van der Waals surface area contributed by atoms with E-state index < -0.39 is 5.97 Å². The van der Waals surface area contributed by atoms with E-state index in [0.29, 0.717) is 18.9 Å². The molecule has 0 atom stereocenters. The van der Waals surface area contributed by atoms with Crippen molar-refractivity contribution >= 4 is 12.0 Å². The van der Waals surface area contributed by atoms with Crippen molar-refractivity contribution in [3.05, 3.63) is 0 Å². The van der Waals surface area contributed by atoms with E-state index >= 15 is 0 Å². The molecule has 0 aromatic heterocycles. The van der Waals surface area contributed by atoms with Gasteiger partial charge in [0, 0.05) is 32.1 Å². The lowest BCUT2D eigenvalue weighted by molar-refractivity contribution is -0.137. The van der Waals surface area contributed by atoms with E-state index in [0.717, 1.165) is 13.1 Å². The fourth-order valence-electron chi connectivity index (χ4n) is 2.49. The average molecular weight is 284 g/mol. The van der Waals surface area contributed by atoms with Crippen LogP contribution in [0.1, 0.15) is 52.9 Å². The fraction of sp³-hybridized carbons (Fsp3) is 0.867. The van der Waals surface area contributed by atoms with Gasteiger partial charge >= 0.3 is 12.0 Å². The van der Waals surface area contributed by atoms with Crippen molar-refractivity contribution in [3.63, 3.8) is 0 Å². The van der Waals surface area contributed by atoms with Crippen molar-refractivity contribution in [1.82, 2.24) is 9.80 Å². The van der Waals surface area contributed by atoms with Crippen molar-refractivity contribution in [3.8, 4) is 0 Å².